The number of carbonyl (C=O) groups is 1. The molecule has 0 bridgehead atoms. The van der Waals surface area contributed by atoms with Gasteiger partial charge in [-0.05, 0) is 85.7 Å². The molecule has 0 saturated heterocycles. The fourth-order valence-electron chi connectivity index (χ4n) is 3.97. The summed E-state index contributed by atoms with van der Waals surface area (Å²) in [6, 6.07) is 13.6. The van der Waals surface area contributed by atoms with Crippen LogP contribution in [0.25, 0.3) is 5.69 Å². The van der Waals surface area contributed by atoms with Crippen LogP contribution < -0.4 is 4.74 Å². The van der Waals surface area contributed by atoms with Crippen molar-refractivity contribution in [2.75, 3.05) is 0 Å². The van der Waals surface area contributed by atoms with Gasteiger partial charge >= 0.3 is 5.97 Å². The molecule has 1 aromatic heterocycles. The van der Waals surface area contributed by atoms with Crippen LogP contribution in [0.3, 0.4) is 0 Å². The smallest absolute Gasteiger partial charge is 0.303 e. The number of nitrogens with zero attached hydrogens (tertiary/aromatic N) is 2. The van der Waals surface area contributed by atoms with Gasteiger partial charge in [-0.2, -0.15) is 5.10 Å². The first-order valence-electron chi connectivity index (χ1n) is 9.81. The number of ether oxygens (including phenoxy) is 1. The van der Waals surface area contributed by atoms with Gasteiger partial charge in [-0.25, -0.2) is 4.68 Å². The Morgan fingerprint density at radius 2 is 1.93 bits per heavy atom. The van der Waals surface area contributed by atoms with Crippen molar-refractivity contribution in [2.24, 2.45) is 0 Å². The molecule has 2 aromatic carbocycles. The molecule has 3 aromatic rings. The highest BCUT2D eigenvalue weighted by atomic mass is 35.5. The highest BCUT2D eigenvalue weighted by molar-refractivity contribution is 6.30. The van der Waals surface area contributed by atoms with Gasteiger partial charge < -0.3 is 9.84 Å². The van der Waals surface area contributed by atoms with Gasteiger partial charge in [0.15, 0.2) is 0 Å². The van der Waals surface area contributed by atoms with E-state index in [1.165, 1.54) is 11.1 Å². The van der Waals surface area contributed by atoms with Crippen molar-refractivity contribution in [3.63, 3.8) is 0 Å². The molecule has 0 aliphatic heterocycles. The molecule has 5 nitrogen and oxygen atoms in total. The Balaban J connectivity index is 1.55. The van der Waals surface area contributed by atoms with E-state index in [-0.39, 0.29) is 6.42 Å². The number of rotatable bonds is 7. The summed E-state index contributed by atoms with van der Waals surface area (Å²) in [5, 5.41) is 14.3. The quantitative estimate of drug-likeness (QED) is 0.600. The van der Waals surface area contributed by atoms with Crippen LogP contribution in [0, 0.1) is 6.92 Å². The van der Waals surface area contributed by atoms with E-state index in [0.29, 0.717) is 18.1 Å². The van der Waals surface area contributed by atoms with Crippen LogP contribution >= 0.6 is 11.6 Å². The molecule has 0 unspecified atom stereocenters. The zero-order valence-corrected chi connectivity index (χ0v) is 17.1. The number of aryl methyl sites for hydroxylation is 2. The van der Waals surface area contributed by atoms with E-state index in [4.69, 9.17) is 21.4 Å². The van der Waals surface area contributed by atoms with Crippen molar-refractivity contribution in [3.8, 4) is 11.4 Å². The molecule has 29 heavy (non-hydrogen) atoms. The third-order valence-electron chi connectivity index (χ3n) is 5.30. The molecule has 0 atom stereocenters. The lowest BCUT2D eigenvalue weighted by molar-refractivity contribution is -0.136. The van der Waals surface area contributed by atoms with Gasteiger partial charge in [0.05, 0.1) is 17.1 Å². The van der Waals surface area contributed by atoms with Crippen molar-refractivity contribution in [2.45, 2.75) is 45.6 Å². The Hall–Kier alpha value is -2.79. The van der Waals surface area contributed by atoms with Crippen LogP contribution in [0.2, 0.25) is 5.02 Å². The first kappa shape index (κ1) is 19.5. The van der Waals surface area contributed by atoms with Crippen molar-refractivity contribution >= 4 is 17.6 Å². The van der Waals surface area contributed by atoms with E-state index in [0.717, 1.165) is 47.7 Å². The van der Waals surface area contributed by atoms with Gasteiger partial charge in [0.1, 0.15) is 12.4 Å². The maximum Gasteiger partial charge on any atom is 0.303 e. The van der Waals surface area contributed by atoms with E-state index in [1.54, 1.807) is 0 Å². The molecular formula is C23H23ClN2O3. The lowest BCUT2D eigenvalue weighted by atomic mass is 9.99. The Bertz CT molecular complexity index is 1040. The lowest BCUT2D eigenvalue weighted by Crippen LogP contribution is -2.07. The third-order valence-corrected chi connectivity index (χ3v) is 5.55. The van der Waals surface area contributed by atoms with E-state index >= 15 is 0 Å². The van der Waals surface area contributed by atoms with Crippen LogP contribution in [0.1, 0.15) is 40.9 Å². The summed E-state index contributed by atoms with van der Waals surface area (Å²) < 4.78 is 8.09. The molecule has 4 rings (SSSR count). The lowest BCUT2D eigenvalue weighted by Gasteiger charge is -2.15. The molecule has 0 spiro atoms. The molecule has 1 aliphatic rings. The SMILES string of the molecule is Cc1cc(COc2ccc(CCC(=O)O)c3c2CCC3)n(-c2ccc(Cl)cc2)n1. The summed E-state index contributed by atoms with van der Waals surface area (Å²) in [7, 11) is 0. The Labute approximate surface area is 174 Å². The van der Waals surface area contributed by atoms with Crippen LogP contribution in [0.5, 0.6) is 5.75 Å². The monoisotopic (exact) mass is 410 g/mol. The molecule has 0 amide bonds. The van der Waals surface area contributed by atoms with Crippen molar-refractivity contribution in [1.29, 1.82) is 0 Å². The van der Waals surface area contributed by atoms with Gasteiger partial charge in [0, 0.05) is 11.4 Å². The minimum absolute atomic E-state index is 0.159. The number of halogens is 1. The number of aromatic nitrogens is 2. The van der Waals surface area contributed by atoms with Crippen LogP contribution in [0.15, 0.2) is 42.5 Å². The predicted molar refractivity (Wildman–Crippen MR) is 112 cm³/mol. The largest absolute Gasteiger partial charge is 0.487 e. The summed E-state index contributed by atoms with van der Waals surface area (Å²) in [6.07, 6.45) is 3.77. The molecule has 150 valence electrons. The topological polar surface area (TPSA) is 64.3 Å². The van der Waals surface area contributed by atoms with Crippen LogP contribution in [-0.4, -0.2) is 20.9 Å². The summed E-state index contributed by atoms with van der Waals surface area (Å²) in [6.45, 7) is 2.37. The van der Waals surface area contributed by atoms with Crippen molar-refractivity contribution < 1.29 is 14.6 Å². The minimum atomic E-state index is -0.761. The minimum Gasteiger partial charge on any atom is -0.487 e. The second-order valence-corrected chi connectivity index (χ2v) is 7.82. The number of fused-ring (bicyclic) bond motifs is 1. The van der Waals surface area contributed by atoms with Gasteiger partial charge in [-0.15, -0.1) is 0 Å². The summed E-state index contributed by atoms with van der Waals surface area (Å²) in [5.74, 6) is 0.126. The molecule has 1 heterocycles. The van der Waals surface area contributed by atoms with Gasteiger partial charge in [0.2, 0.25) is 0 Å². The Kier molecular flexibility index (Phi) is 5.58. The van der Waals surface area contributed by atoms with E-state index in [9.17, 15) is 4.79 Å². The van der Waals surface area contributed by atoms with Gasteiger partial charge in [0.25, 0.3) is 0 Å². The van der Waals surface area contributed by atoms with Crippen LogP contribution in [0.4, 0.5) is 0 Å². The molecule has 6 heteroatoms. The number of aliphatic carboxylic acids is 1. The first-order valence-corrected chi connectivity index (χ1v) is 10.2. The average Bonchev–Trinajstić information content (AvgIpc) is 3.32. The van der Waals surface area contributed by atoms with Crippen molar-refractivity contribution in [1.82, 2.24) is 9.78 Å². The van der Waals surface area contributed by atoms with E-state index in [2.05, 4.69) is 5.10 Å². The highest BCUT2D eigenvalue weighted by Crippen LogP contribution is 2.34. The predicted octanol–water partition coefficient (Wildman–Crippen LogP) is 4.92. The van der Waals surface area contributed by atoms with Gasteiger partial charge in [-0.3, -0.25) is 4.79 Å². The Morgan fingerprint density at radius 1 is 1.17 bits per heavy atom. The van der Waals surface area contributed by atoms with Crippen LogP contribution in [-0.2, 0) is 30.7 Å². The van der Waals surface area contributed by atoms with Crippen molar-refractivity contribution in [3.05, 3.63) is 75.6 Å². The zero-order valence-electron chi connectivity index (χ0n) is 16.3. The summed E-state index contributed by atoms with van der Waals surface area (Å²) >= 11 is 6.00. The third kappa shape index (κ3) is 4.30. The van der Waals surface area contributed by atoms with Gasteiger partial charge in [-0.1, -0.05) is 17.7 Å². The first-order chi connectivity index (χ1) is 14.0. The maximum absolute atomic E-state index is 10.9. The Morgan fingerprint density at radius 3 is 2.69 bits per heavy atom. The molecule has 0 fully saturated rings. The fourth-order valence-corrected chi connectivity index (χ4v) is 4.10. The molecule has 0 radical (unpaired) electrons. The van der Waals surface area contributed by atoms with E-state index < -0.39 is 5.97 Å². The maximum atomic E-state index is 10.9. The summed E-state index contributed by atoms with van der Waals surface area (Å²) in [5.41, 5.74) is 6.46. The zero-order chi connectivity index (χ0) is 20.4. The number of benzene rings is 2. The molecular weight excluding hydrogens is 388 g/mol. The summed E-state index contributed by atoms with van der Waals surface area (Å²) in [4.78, 5) is 10.9. The highest BCUT2D eigenvalue weighted by Gasteiger charge is 2.20. The molecule has 1 N–H and O–H groups in total. The molecule has 1 aliphatic carbocycles. The standard InChI is InChI=1S/C23H23ClN2O3/c1-15-13-19(26(25-15)18-9-7-17(24)8-10-18)14-29-22-11-5-16(6-12-23(27)28)20-3-2-4-21(20)22/h5,7-11,13H,2-4,6,12,14H2,1H3,(H,27,28). The number of carboxylic acids is 1. The average molecular weight is 411 g/mol. The second kappa shape index (κ2) is 8.29. The second-order valence-electron chi connectivity index (χ2n) is 7.38. The fraction of sp³-hybridized carbons (Fsp3) is 0.304. The number of hydrogen-bond donors (Lipinski definition) is 1. The van der Waals surface area contributed by atoms with E-state index in [1.807, 2.05) is 54.1 Å². The number of hydrogen-bond acceptors (Lipinski definition) is 3. The normalized spacial score (nSPS) is 12.8. The molecule has 0 saturated carbocycles. The number of carboxylic acid groups (broad SMARTS) is 1.